The first-order valence-electron chi connectivity index (χ1n) is 43.4. The van der Waals surface area contributed by atoms with Gasteiger partial charge in [-0.2, -0.15) is 10.2 Å². The Balaban J connectivity index is -0.000000209. The molecule has 0 N–H and O–H groups in total. The van der Waals surface area contributed by atoms with Crippen molar-refractivity contribution < 1.29 is 19.1 Å². The molecular formula is C91H176N12O6. The van der Waals surface area contributed by atoms with Crippen LogP contribution >= 0.6 is 0 Å². The number of amides is 2. The Labute approximate surface area is 672 Å². The second-order valence-electron chi connectivity index (χ2n) is 26.4. The van der Waals surface area contributed by atoms with Crippen LogP contribution in [-0.2, 0) is 19.1 Å². The van der Waals surface area contributed by atoms with Crippen LogP contribution in [0, 0.1) is 0 Å². The minimum Gasteiger partial charge on any atom is -0.379 e. The summed E-state index contributed by atoms with van der Waals surface area (Å²) in [6, 6.07) is 27.8. The number of carbonyl (C=O) groups excluding carboxylic acids is 2. The molecule has 0 atom stereocenters. The number of morpholine rings is 2. The molecule has 5 fully saturated rings. The molecule has 0 bridgehead atoms. The Morgan fingerprint density at radius 3 is 1.08 bits per heavy atom. The number of para-hydroxylation sites is 2. The molecule has 636 valence electrons. The van der Waals surface area contributed by atoms with Gasteiger partial charge in [-0.3, -0.25) is 33.3 Å². The molecule has 0 spiro atoms. The standard InChI is InChI=1S/C11H13N.C10H12N2.C8H15NO.2C8H17N.2C7H10N2O.C7H13NO2.C7H15NO.9C2H6/c1-9(2)12-8-7-10-5-3-4-6-11(10)12;1-8(2)12-10-6-4-3-5-9(10)7-11-12;1-7(2)9-6-4-3-5-8(9)10;2*1-8(2)9-6-4-3-5-7-9;1-6(2)9-5-8-4-3-7(9)10;1-6(2)9-7(10)4-3-5-8-9;1-6(2)8-3-4-10-5-7(8)9;1-7(2)8-3-5-9-6-4-8;9*1-2/h3-9H,1-2H3;3-8H,1-2H3;7H,3-6H2,1-2H3;2*8H,3-7H2,1-2H3;2*3-6H,1-2H3;6H,3-5H2,1-2H3;7H,3-6H2,1-2H3;9*1-2H3. The van der Waals surface area contributed by atoms with E-state index in [1.807, 2.05) is 199 Å². The highest BCUT2D eigenvalue weighted by Crippen LogP contribution is 2.20. The van der Waals surface area contributed by atoms with Gasteiger partial charge in [0.1, 0.15) is 6.61 Å². The first-order chi connectivity index (χ1) is 52.3. The van der Waals surface area contributed by atoms with Crippen LogP contribution in [0.15, 0.2) is 114 Å². The van der Waals surface area contributed by atoms with Gasteiger partial charge in [0.05, 0.1) is 43.9 Å². The van der Waals surface area contributed by atoms with E-state index in [0.29, 0.717) is 42.7 Å². The quantitative estimate of drug-likeness (QED) is 0.135. The molecule has 2 aromatic carbocycles. The summed E-state index contributed by atoms with van der Waals surface area (Å²) in [5, 5.41) is 10.7. The Hall–Kier alpha value is -6.05. The van der Waals surface area contributed by atoms with E-state index in [1.165, 1.54) is 116 Å². The van der Waals surface area contributed by atoms with Crippen molar-refractivity contribution in [3.05, 3.63) is 125 Å². The molecule has 0 radical (unpaired) electrons. The largest absolute Gasteiger partial charge is 0.379 e. The van der Waals surface area contributed by atoms with Crippen molar-refractivity contribution in [1.82, 2.24) is 58.2 Å². The van der Waals surface area contributed by atoms with Crippen LogP contribution in [0.4, 0.5) is 0 Å². The first-order valence-corrected chi connectivity index (χ1v) is 43.4. The van der Waals surface area contributed by atoms with Gasteiger partial charge in [-0.25, -0.2) is 9.67 Å². The van der Waals surface area contributed by atoms with Gasteiger partial charge < -0.3 is 33.6 Å². The highest BCUT2D eigenvalue weighted by atomic mass is 16.5. The predicted octanol–water partition coefficient (Wildman–Crippen LogP) is 22.9. The highest BCUT2D eigenvalue weighted by Gasteiger charge is 2.21. The number of carbonyl (C=O) groups is 2. The van der Waals surface area contributed by atoms with Crippen LogP contribution in [0.25, 0.3) is 21.8 Å². The lowest BCUT2D eigenvalue weighted by Crippen LogP contribution is -2.45. The van der Waals surface area contributed by atoms with Crippen LogP contribution < -0.4 is 11.1 Å². The molecule has 9 heterocycles. The van der Waals surface area contributed by atoms with Gasteiger partial charge in [-0.05, 0) is 219 Å². The van der Waals surface area contributed by atoms with Crippen LogP contribution in [0.1, 0.15) is 331 Å². The minimum absolute atomic E-state index is 0.00463. The fraction of sp³-hybridized carbons (Fsp3) is 0.725. The van der Waals surface area contributed by atoms with Crippen molar-refractivity contribution in [3.63, 3.8) is 0 Å². The Bertz CT molecular complexity index is 2780. The third-order valence-corrected chi connectivity index (χ3v) is 16.4. The number of rotatable bonds is 9. The summed E-state index contributed by atoms with van der Waals surface area (Å²) in [5.41, 5.74) is 2.50. The van der Waals surface area contributed by atoms with E-state index in [2.05, 4.69) is 166 Å². The number of nitrogens with zero attached hydrogens (tertiary/aromatic N) is 12. The summed E-state index contributed by atoms with van der Waals surface area (Å²) in [7, 11) is 0. The molecule has 2 amide bonds. The third-order valence-electron chi connectivity index (χ3n) is 16.4. The maximum Gasteiger partial charge on any atom is 0.266 e. The molecule has 4 aromatic heterocycles. The van der Waals surface area contributed by atoms with Crippen LogP contribution in [0.5, 0.6) is 0 Å². The topological polar surface area (TPSA) is 161 Å². The fourth-order valence-electron chi connectivity index (χ4n) is 10.9. The molecule has 11 rings (SSSR count). The molecule has 0 saturated carbocycles. The van der Waals surface area contributed by atoms with E-state index < -0.39 is 0 Å². The lowest BCUT2D eigenvalue weighted by atomic mass is 10.1. The molecule has 18 heteroatoms. The Morgan fingerprint density at radius 1 is 0.321 bits per heavy atom. The normalized spacial score (nSPS) is 14.3. The molecule has 5 saturated heterocycles. The summed E-state index contributed by atoms with van der Waals surface area (Å²) in [6.07, 6.45) is 20.3. The smallest absolute Gasteiger partial charge is 0.266 e. The van der Waals surface area contributed by atoms with Crippen LogP contribution in [0.3, 0.4) is 0 Å². The number of fused-ring (bicyclic) bond motifs is 2. The SMILES string of the molecule is CC.CC.CC.CC.CC.CC.CC.CC.CC.CC(C)N1CCCCC1.CC(C)N1CCCCC1.CC(C)N1CCCCC1=O.CC(C)N1CCOCC1.CC(C)N1CCOCC1=O.CC(C)n1ccc2ccccc21.CC(C)n1cnccc1=O.CC(C)n1ncc2ccccc21.CC(C)n1ncccc1=O. The van der Waals surface area contributed by atoms with Gasteiger partial charge in [-0.1, -0.05) is 174 Å². The van der Waals surface area contributed by atoms with E-state index in [-0.39, 0.29) is 35.7 Å². The molecule has 0 unspecified atom stereocenters. The zero-order valence-electron chi connectivity index (χ0n) is 77.7. The Kier molecular flexibility index (Phi) is 83.8. The van der Waals surface area contributed by atoms with Crippen LogP contribution in [-0.4, -0.2) is 179 Å². The molecule has 18 nitrogen and oxygen atoms in total. The predicted molar refractivity (Wildman–Crippen MR) is 479 cm³/mol. The van der Waals surface area contributed by atoms with E-state index in [1.54, 1.807) is 23.2 Å². The number of aromatic nitrogens is 7. The minimum atomic E-state index is -0.0440. The van der Waals surface area contributed by atoms with Crippen molar-refractivity contribution in [3.8, 4) is 0 Å². The van der Waals surface area contributed by atoms with Crippen molar-refractivity contribution in [1.29, 1.82) is 0 Å². The zero-order valence-corrected chi connectivity index (χ0v) is 77.7. The number of hydrogen-bond donors (Lipinski definition) is 0. The average molecular weight is 1530 g/mol. The lowest BCUT2D eigenvalue weighted by molar-refractivity contribution is -0.144. The van der Waals surface area contributed by atoms with Gasteiger partial charge in [0.15, 0.2) is 0 Å². The van der Waals surface area contributed by atoms with E-state index >= 15 is 0 Å². The number of hydrogen-bond acceptors (Lipinski definition) is 12. The molecule has 109 heavy (non-hydrogen) atoms. The van der Waals surface area contributed by atoms with E-state index in [0.717, 1.165) is 64.3 Å². The maximum atomic E-state index is 11.2. The summed E-state index contributed by atoms with van der Waals surface area (Å²) in [6.45, 7) is 86.2. The second kappa shape index (κ2) is 78.6. The van der Waals surface area contributed by atoms with Gasteiger partial charge in [0.2, 0.25) is 11.8 Å². The first kappa shape index (κ1) is 116. The summed E-state index contributed by atoms with van der Waals surface area (Å²) >= 11 is 0. The summed E-state index contributed by atoms with van der Waals surface area (Å²) in [5.74, 6) is 0.447. The zero-order chi connectivity index (χ0) is 85.4. The number of piperidine rings is 3. The van der Waals surface area contributed by atoms with Crippen molar-refractivity contribution in [2.45, 2.75) is 361 Å². The lowest BCUT2D eigenvalue weighted by Gasteiger charge is -2.30. The van der Waals surface area contributed by atoms with E-state index in [9.17, 15) is 19.2 Å². The third kappa shape index (κ3) is 53.5. The van der Waals surface area contributed by atoms with Crippen molar-refractivity contribution in [2.75, 3.05) is 78.8 Å². The molecule has 5 aliphatic rings. The van der Waals surface area contributed by atoms with Crippen molar-refractivity contribution >= 4 is 33.6 Å². The van der Waals surface area contributed by atoms with Gasteiger partial charge >= 0.3 is 0 Å². The fourth-order valence-corrected chi connectivity index (χ4v) is 10.9. The summed E-state index contributed by atoms with van der Waals surface area (Å²) in [4.78, 5) is 59.3. The molecule has 5 aliphatic heterocycles. The molecular weight excluding hydrogens is 1360 g/mol. The monoisotopic (exact) mass is 1530 g/mol. The van der Waals surface area contributed by atoms with Gasteiger partial charge in [0, 0.05) is 123 Å². The number of ether oxygens (including phenoxy) is 2. The van der Waals surface area contributed by atoms with Crippen LogP contribution in [0.2, 0.25) is 0 Å². The van der Waals surface area contributed by atoms with Gasteiger partial charge in [-0.15, -0.1) is 0 Å². The van der Waals surface area contributed by atoms with E-state index in [4.69, 9.17) is 9.47 Å². The number of likely N-dealkylation sites (tertiary alicyclic amines) is 3. The summed E-state index contributed by atoms with van der Waals surface area (Å²) < 4.78 is 17.5. The second-order valence-corrected chi connectivity index (χ2v) is 26.4. The molecule has 0 aliphatic carbocycles. The maximum absolute atomic E-state index is 11.2. The number of benzene rings is 2. The van der Waals surface area contributed by atoms with Gasteiger partial charge in [0.25, 0.3) is 11.1 Å². The van der Waals surface area contributed by atoms with Crippen molar-refractivity contribution in [2.24, 2.45) is 0 Å². The molecule has 6 aromatic rings. The average Bonchev–Trinajstić information content (AvgIpc) is 1.69. The Morgan fingerprint density at radius 2 is 0.734 bits per heavy atom. The highest BCUT2D eigenvalue weighted by molar-refractivity contribution is 5.80.